The number of nitrogens with zero attached hydrogens (tertiary/aromatic N) is 1. The fourth-order valence-corrected chi connectivity index (χ4v) is 2.78. The summed E-state index contributed by atoms with van der Waals surface area (Å²) in [4.78, 5) is 14.8. The van der Waals surface area contributed by atoms with Crippen LogP contribution in [0.4, 0.5) is 0 Å². The monoisotopic (exact) mass is 385 g/mol. The molecule has 0 spiro atoms. The first kappa shape index (κ1) is 21.2. The van der Waals surface area contributed by atoms with E-state index in [1.54, 1.807) is 50.5 Å². The Balaban J connectivity index is 2.22. The summed E-state index contributed by atoms with van der Waals surface area (Å²) in [5.74, 6) is 2.27. The summed E-state index contributed by atoms with van der Waals surface area (Å²) in [5.41, 5.74) is 1.48. The summed E-state index contributed by atoms with van der Waals surface area (Å²) in [6.07, 6.45) is 1.65. The highest BCUT2D eigenvalue weighted by molar-refractivity contribution is 5.95. The molecule has 2 rings (SSSR count). The topological polar surface area (TPSA) is 57.2 Å². The van der Waals surface area contributed by atoms with Gasteiger partial charge in [0.15, 0.2) is 23.0 Å². The summed E-state index contributed by atoms with van der Waals surface area (Å²) in [6.45, 7) is 6.95. The van der Waals surface area contributed by atoms with Gasteiger partial charge in [-0.25, -0.2) is 0 Å². The van der Waals surface area contributed by atoms with Gasteiger partial charge in [0.2, 0.25) is 0 Å². The van der Waals surface area contributed by atoms with Crippen LogP contribution in [0.15, 0.2) is 49.1 Å². The molecule has 2 aromatic carbocycles. The molecule has 1 amide bonds. The van der Waals surface area contributed by atoms with Gasteiger partial charge in [0.1, 0.15) is 6.61 Å². The van der Waals surface area contributed by atoms with Crippen molar-refractivity contribution in [3.8, 4) is 23.0 Å². The van der Waals surface area contributed by atoms with Crippen molar-refractivity contribution in [3.05, 3.63) is 60.2 Å². The molecule has 0 aliphatic heterocycles. The molecule has 6 nitrogen and oxygen atoms in total. The molecule has 0 heterocycles. The lowest BCUT2D eigenvalue weighted by Crippen LogP contribution is -2.30. The second kappa shape index (κ2) is 10.3. The maximum absolute atomic E-state index is 13.0. The Morgan fingerprint density at radius 3 is 2.21 bits per heavy atom. The standard InChI is InChI=1S/C22H27NO5/c1-6-12-28-19-11-9-17(14-21(19)27-5)22(24)23(7-2)15-16-8-10-18(25-3)20(13-16)26-4/h6,8-11,13-14H,1,7,12,15H2,2-5H3. The van der Waals surface area contributed by atoms with E-state index in [2.05, 4.69) is 6.58 Å². The average Bonchev–Trinajstić information content (AvgIpc) is 2.75. The van der Waals surface area contributed by atoms with Crippen molar-refractivity contribution in [2.75, 3.05) is 34.5 Å². The van der Waals surface area contributed by atoms with Gasteiger partial charge in [0.05, 0.1) is 21.3 Å². The number of rotatable bonds is 10. The summed E-state index contributed by atoms with van der Waals surface area (Å²) in [6, 6.07) is 10.8. The Labute approximate surface area is 166 Å². The first-order valence-corrected chi connectivity index (χ1v) is 8.99. The number of amides is 1. The Morgan fingerprint density at radius 1 is 0.964 bits per heavy atom. The Morgan fingerprint density at radius 2 is 1.61 bits per heavy atom. The lowest BCUT2D eigenvalue weighted by Gasteiger charge is -2.22. The summed E-state index contributed by atoms with van der Waals surface area (Å²) < 4.78 is 21.5. The maximum Gasteiger partial charge on any atom is 0.254 e. The molecular weight excluding hydrogens is 358 g/mol. The largest absolute Gasteiger partial charge is 0.493 e. The number of ether oxygens (including phenoxy) is 4. The fourth-order valence-electron chi connectivity index (χ4n) is 2.78. The normalized spacial score (nSPS) is 10.1. The van der Waals surface area contributed by atoms with E-state index in [0.717, 1.165) is 5.56 Å². The average molecular weight is 385 g/mol. The van der Waals surface area contributed by atoms with Crippen LogP contribution in [0.25, 0.3) is 0 Å². The van der Waals surface area contributed by atoms with Crippen LogP contribution in [0.1, 0.15) is 22.8 Å². The van der Waals surface area contributed by atoms with Crippen LogP contribution in [0.5, 0.6) is 23.0 Å². The van der Waals surface area contributed by atoms with Crippen LogP contribution in [0.3, 0.4) is 0 Å². The smallest absolute Gasteiger partial charge is 0.254 e. The zero-order valence-corrected chi connectivity index (χ0v) is 16.9. The molecule has 0 N–H and O–H groups in total. The lowest BCUT2D eigenvalue weighted by molar-refractivity contribution is 0.0752. The molecular formula is C22H27NO5. The van der Waals surface area contributed by atoms with Gasteiger partial charge in [-0.1, -0.05) is 18.7 Å². The van der Waals surface area contributed by atoms with Gasteiger partial charge in [-0.3, -0.25) is 4.79 Å². The van der Waals surface area contributed by atoms with Crippen molar-refractivity contribution < 1.29 is 23.7 Å². The van der Waals surface area contributed by atoms with Gasteiger partial charge in [0, 0.05) is 18.7 Å². The predicted molar refractivity (Wildman–Crippen MR) is 109 cm³/mol. The van der Waals surface area contributed by atoms with Crippen LogP contribution < -0.4 is 18.9 Å². The van der Waals surface area contributed by atoms with Crippen molar-refractivity contribution >= 4 is 5.91 Å². The first-order chi connectivity index (χ1) is 13.6. The van der Waals surface area contributed by atoms with Crippen molar-refractivity contribution in [1.29, 1.82) is 0 Å². The predicted octanol–water partition coefficient (Wildman–Crippen LogP) is 3.94. The highest BCUT2D eigenvalue weighted by atomic mass is 16.5. The van der Waals surface area contributed by atoms with Gasteiger partial charge < -0.3 is 23.8 Å². The van der Waals surface area contributed by atoms with E-state index in [1.165, 1.54) is 0 Å². The van der Waals surface area contributed by atoms with Gasteiger partial charge in [-0.05, 0) is 42.8 Å². The first-order valence-electron chi connectivity index (χ1n) is 8.99. The van der Waals surface area contributed by atoms with E-state index in [1.807, 2.05) is 25.1 Å². The minimum Gasteiger partial charge on any atom is -0.493 e. The summed E-state index contributed by atoms with van der Waals surface area (Å²) in [7, 11) is 4.73. The third kappa shape index (κ3) is 4.97. The third-order valence-corrected chi connectivity index (χ3v) is 4.26. The Hall–Kier alpha value is -3.15. The van der Waals surface area contributed by atoms with Crippen molar-refractivity contribution in [2.45, 2.75) is 13.5 Å². The molecule has 0 saturated heterocycles. The third-order valence-electron chi connectivity index (χ3n) is 4.26. The minimum atomic E-state index is -0.0918. The van der Waals surface area contributed by atoms with Crippen molar-refractivity contribution in [2.24, 2.45) is 0 Å². The SMILES string of the molecule is C=CCOc1ccc(C(=O)N(CC)Cc2ccc(OC)c(OC)c2)cc1OC. The Kier molecular flexibility index (Phi) is 7.75. The molecule has 0 saturated carbocycles. The number of hydrogen-bond donors (Lipinski definition) is 0. The molecule has 6 heteroatoms. The highest BCUT2D eigenvalue weighted by Crippen LogP contribution is 2.30. The van der Waals surface area contributed by atoms with E-state index >= 15 is 0 Å². The zero-order valence-electron chi connectivity index (χ0n) is 16.9. The quantitative estimate of drug-likeness (QED) is 0.580. The van der Waals surface area contributed by atoms with E-state index in [-0.39, 0.29) is 5.91 Å². The van der Waals surface area contributed by atoms with E-state index in [9.17, 15) is 4.79 Å². The molecule has 0 aromatic heterocycles. The fraction of sp³-hybridized carbons (Fsp3) is 0.318. The van der Waals surface area contributed by atoms with E-state index in [4.69, 9.17) is 18.9 Å². The molecule has 0 fully saturated rings. The molecule has 0 aliphatic rings. The van der Waals surface area contributed by atoms with E-state index in [0.29, 0.717) is 48.3 Å². The van der Waals surface area contributed by atoms with Crippen LogP contribution in [0.2, 0.25) is 0 Å². The number of carbonyl (C=O) groups excluding carboxylic acids is 1. The van der Waals surface area contributed by atoms with Gasteiger partial charge >= 0.3 is 0 Å². The lowest BCUT2D eigenvalue weighted by atomic mass is 10.1. The Bertz CT molecular complexity index is 819. The second-order valence-corrected chi connectivity index (χ2v) is 5.97. The summed E-state index contributed by atoms with van der Waals surface area (Å²) in [5, 5.41) is 0. The zero-order chi connectivity index (χ0) is 20.5. The molecule has 0 atom stereocenters. The number of hydrogen-bond acceptors (Lipinski definition) is 5. The molecule has 28 heavy (non-hydrogen) atoms. The molecule has 2 aromatic rings. The van der Waals surface area contributed by atoms with Crippen molar-refractivity contribution in [3.63, 3.8) is 0 Å². The molecule has 0 bridgehead atoms. The molecule has 0 unspecified atom stereocenters. The maximum atomic E-state index is 13.0. The van der Waals surface area contributed by atoms with E-state index < -0.39 is 0 Å². The van der Waals surface area contributed by atoms with Gasteiger partial charge in [-0.2, -0.15) is 0 Å². The second-order valence-electron chi connectivity index (χ2n) is 5.97. The highest BCUT2D eigenvalue weighted by Gasteiger charge is 2.18. The summed E-state index contributed by atoms with van der Waals surface area (Å²) >= 11 is 0. The van der Waals surface area contributed by atoms with Crippen LogP contribution >= 0.6 is 0 Å². The van der Waals surface area contributed by atoms with Gasteiger partial charge in [0.25, 0.3) is 5.91 Å². The van der Waals surface area contributed by atoms with Crippen LogP contribution in [0, 0.1) is 0 Å². The number of carbonyl (C=O) groups is 1. The van der Waals surface area contributed by atoms with Crippen LogP contribution in [-0.2, 0) is 6.54 Å². The number of benzene rings is 2. The molecule has 0 radical (unpaired) electrons. The number of methoxy groups -OCH3 is 3. The minimum absolute atomic E-state index is 0.0918. The molecule has 150 valence electrons. The molecule has 0 aliphatic carbocycles. The van der Waals surface area contributed by atoms with Gasteiger partial charge in [-0.15, -0.1) is 0 Å². The van der Waals surface area contributed by atoms with Crippen molar-refractivity contribution in [1.82, 2.24) is 4.90 Å². The van der Waals surface area contributed by atoms with Crippen LogP contribution in [-0.4, -0.2) is 45.3 Å².